The predicted octanol–water partition coefficient (Wildman–Crippen LogP) is 8.35. The van der Waals surface area contributed by atoms with Crippen LogP contribution in [-0.2, 0) is 12.8 Å². The number of carbonyl (C=O) groups excluding carboxylic acids is 1. The van der Waals surface area contributed by atoms with Gasteiger partial charge in [-0.3, -0.25) is 4.98 Å². The zero-order valence-corrected chi connectivity index (χ0v) is 20.5. The second-order valence-electron chi connectivity index (χ2n) is 8.90. The van der Waals surface area contributed by atoms with E-state index in [4.69, 9.17) is 4.74 Å². The number of pyridine rings is 1. The lowest BCUT2D eigenvalue weighted by Crippen LogP contribution is -2.11. The van der Waals surface area contributed by atoms with Gasteiger partial charge in [-0.2, -0.15) is 0 Å². The fraction of sp³-hybridized carbons (Fsp3) is 0.400. The summed E-state index contributed by atoms with van der Waals surface area (Å²) in [6.07, 6.45) is 13.3. The van der Waals surface area contributed by atoms with Gasteiger partial charge in [0.25, 0.3) is 0 Å². The molecule has 3 nitrogen and oxygen atoms in total. The molecule has 0 aliphatic carbocycles. The highest BCUT2D eigenvalue weighted by Crippen LogP contribution is 2.23. The van der Waals surface area contributed by atoms with Crippen molar-refractivity contribution < 1.29 is 13.9 Å². The molecule has 3 rings (SSSR count). The molecule has 0 radical (unpaired) electrons. The van der Waals surface area contributed by atoms with Gasteiger partial charge in [0.05, 0.1) is 11.3 Å². The molecule has 0 unspecified atom stereocenters. The summed E-state index contributed by atoms with van der Waals surface area (Å²) in [7, 11) is 0. The maximum Gasteiger partial charge on any atom is 0.346 e. The molecular weight excluding hydrogens is 425 g/mol. The maximum atomic E-state index is 14.5. The van der Waals surface area contributed by atoms with E-state index in [1.165, 1.54) is 56.2 Å². The van der Waals surface area contributed by atoms with Crippen molar-refractivity contribution in [3.63, 3.8) is 0 Å². The lowest BCUT2D eigenvalue weighted by molar-refractivity contribution is 0.0730. The molecule has 1 heterocycles. The van der Waals surface area contributed by atoms with Gasteiger partial charge >= 0.3 is 5.97 Å². The van der Waals surface area contributed by atoms with Gasteiger partial charge in [0.15, 0.2) is 0 Å². The lowest BCUT2D eigenvalue weighted by Gasteiger charge is -2.08. The van der Waals surface area contributed by atoms with Crippen LogP contribution >= 0.6 is 0 Å². The van der Waals surface area contributed by atoms with Crippen molar-refractivity contribution in [3.8, 4) is 17.0 Å². The monoisotopic (exact) mass is 461 g/mol. The highest BCUT2D eigenvalue weighted by Gasteiger charge is 2.15. The normalized spacial score (nSPS) is 10.9. The molecule has 3 aromatic rings. The molecule has 0 atom stereocenters. The number of ether oxygens (including phenoxy) is 1. The third-order valence-electron chi connectivity index (χ3n) is 6.08. The first kappa shape index (κ1) is 25.6. The van der Waals surface area contributed by atoms with E-state index in [0.29, 0.717) is 5.75 Å². The Morgan fingerprint density at radius 2 is 1.44 bits per heavy atom. The van der Waals surface area contributed by atoms with E-state index in [1.807, 2.05) is 30.5 Å². The number of rotatable bonds is 13. The van der Waals surface area contributed by atoms with Crippen molar-refractivity contribution in [3.05, 3.63) is 83.3 Å². The van der Waals surface area contributed by atoms with Crippen LogP contribution in [0.5, 0.6) is 5.75 Å². The van der Waals surface area contributed by atoms with Gasteiger partial charge in [0.2, 0.25) is 0 Å². The third kappa shape index (κ3) is 7.79. The molecule has 1 aromatic heterocycles. The molecule has 0 aliphatic rings. The van der Waals surface area contributed by atoms with Crippen LogP contribution in [0.25, 0.3) is 11.3 Å². The van der Waals surface area contributed by atoms with E-state index in [0.717, 1.165) is 42.5 Å². The first-order valence-electron chi connectivity index (χ1n) is 12.7. The van der Waals surface area contributed by atoms with E-state index in [1.54, 1.807) is 12.1 Å². The SMILES string of the molecule is CCCCCCCc1ccc(C(=O)Oc2ccc(-c3ccc(CCCCC)cn3)cc2)c(F)c1. The number of benzene rings is 2. The molecule has 34 heavy (non-hydrogen) atoms. The number of carbonyl (C=O) groups is 1. The van der Waals surface area contributed by atoms with Crippen molar-refractivity contribution >= 4 is 5.97 Å². The van der Waals surface area contributed by atoms with Crippen molar-refractivity contribution in [2.75, 3.05) is 0 Å². The number of hydrogen-bond donors (Lipinski definition) is 0. The Bertz CT molecular complexity index is 1030. The van der Waals surface area contributed by atoms with Gasteiger partial charge in [-0.25, -0.2) is 9.18 Å². The Hall–Kier alpha value is -3.01. The van der Waals surface area contributed by atoms with Gasteiger partial charge < -0.3 is 4.74 Å². The second kappa shape index (κ2) is 13.6. The number of unbranched alkanes of at least 4 members (excludes halogenated alkanes) is 6. The molecule has 0 spiro atoms. The van der Waals surface area contributed by atoms with E-state index in [-0.39, 0.29) is 5.56 Å². The number of halogens is 1. The fourth-order valence-electron chi connectivity index (χ4n) is 3.99. The Morgan fingerprint density at radius 1 is 0.794 bits per heavy atom. The van der Waals surface area contributed by atoms with E-state index in [2.05, 4.69) is 24.9 Å². The number of aryl methyl sites for hydroxylation is 2. The quantitative estimate of drug-likeness (QED) is 0.146. The first-order valence-corrected chi connectivity index (χ1v) is 12.7. The van der Waals surface area contributed by atoms with Crippen molar-refractivity contribution in [1.29, 1.82) is 0 Å². The summed E-state index contributed by atoms with van der Waals surface area (Å²) in [5.74, 6) is -0.838. The number of hydrogen-bond acceptors (Lipinski definition) is 3. The predicted molar refractivity (Wildman–Crippen MR) is 137 cm³/mol. The lowest BCUT2D eigenvalue weighted by atomic mass is 10.0. The average Bonchev–Trinajstić information content (AvgIpc) is 2.85. The van der Waals surface area contributed by atoms with Crippen molar-refractivity contribution in [2.45, 2.75) is 78.1 Å². The molecule has 4 heteroatoms. The number of esters is 1. The van der Waals surface area contributed by atoms with Crippen LogP contribution in [0, 0.1) is 5.82 Å². The third-order valence-corrected chi connectivity index (χ3v) is 6.08. The van der Waals surface area contributed by atoms with Crippen molar-refractivity contribution in [1.82, 2.24) is 4.98 Å². The van der Waals surface area contributed by atoms with Crippen LogP contribution < -0.4 is 4.74 Å². The van der Waals surface area contributed by atoms with Crippen LogP contribution in [0.2, 0.25) is 0 Å². The maximum absolute atomic E-state index is 14.5. The highest BCUT2D eigenvalue weighted by atomic mass is 19.1. The Kier molecular flexibility index (Phi) is 10.3. The summed E-state index contributed by atoms with van der Waals surface area (Å²) in [6.45, 7) is 4.39. The highest BCUT2D eigenvalue weighted by molar-refractivity contribution is 5.91. The minimum Gasteiger partial charge on any atom is -0.423 e. The van der Waals surface area contributed by atoms with E-state index in [9.17, 15) is 9.18 Å². The summed E-state index contributed by atoms with van der Waals surface area (Å²) >= 11 is 0. The molecule has 2 aromatic carbocycles. The standard InChI is InChI=1S/C30H36FNO2/c1-3-5-7-8-10-11-23-13-19-27(28(31)21-23)30(33)34-26-17-15-25(16-18-26)29-20-14-24(22-32-29)12-9-6-4-2/h13-22H,3-12H2,1-2H3. The summed E-state index contributed by atoms with van der Waals surface area (Å²) in [6, 6.07) is 16.1. The summed E-state index contributed by atoms with van der Waals surface area (Å²) in [5, 5.41) is 0. The zero-order chi connectivity index (χ0) is 24.2. The molecule has 0 aliphatic heterocycles. The Balaban J connectivity index is 1.55. The molecule has 0 bridgehead atoms. The summed E-state index contributed by atoms with van der Waals surface area (Å²) in [4.78, 5) is 17.1. The van der Waals surface area contributed by atoms with Gasteiger partial charge in [0, 0.05) is 11.8 Å². The minimum atomic E-state index is -0.686. The largest absolute Gasteiger partial charge is 0.423 e. The van der Waals surface area contributed by atoms with Crippen molar-refractivity contribution in [2.24, 2.45) is 0 Å². The summed E-state index contributed by atoms with van der Waals surface area (Å²) in [5.41, 5.74) is 3.92. The van der Waals surface area contributed by atoms with Crippen LogP contribution in [0.4, 0.5) is 4.39 Å². The molecule has 0 amide bonds. The zero-order valence-electron chi connectivity index (χ0n) is 20.5. The molecule has 180 valence electrons. The molecule has 0 saturated carbocycles. The van der Waals surface area contributed by atoms with Crippen LogP contribution in [-0.4, -0.2) is 11.0 Å². The second-order valence-corrected chi connectivity index (χ2v) is 8.90. The van der Waals surface area contributed by atoms with Crippen LogP contribution in [0.15, 0.2) is 60.8 Å². The fourth-order valence-corrected chi connectivity index (χ4v) is 3.99. The topological polar surface area (TPSA) is 39.2 Å². The minimum absolute atomic E-state index is 0.0425. The molecule has 0 saturated heterocycles. The average molecular weight is 462 g/mol. The van der Waals surface area contributed by atoms with Gasteiger partial charge in [-0.15, -0.1) is 0 Å². The van der Waals surface area contributed by atoms with E-state index >= 15 is 0 Å². The molecular formula is C30H36FNO2. The Morgan fingerprint density at radius 3 is 2.12 bits per heavy atom. The molecule has 0 N–H and O–H groups in total. The molecule has 0 fully saturated rings. The van der Waals surface area contributed by atoms with Crippen LogP contribution in [0.3, 0.4) is 0 Å². The number of aromatic nitrogens is 1. The first-order chi connectivity index (χ1) is 16.6. The smallest absolute Gasteiger partial charge is 0.346 e. The van der Waals surface area contributed by atoms with E-state index < -0.39 is 11.8 Å². The van der Waals surface area contributed by atoms with Crippen LogP contribution in [0.1, 0.15) is 86.7 Å². The van der Waals surface area contributed by atoms with Gasteiger partial charge in [0.1, 0.15) is 11.6 Å². The number of nitrogens with zero attached hydrogens (tertiary/aromatic N) is 1. The summed E-state index contributed by atoms with van der Waals surface area (Å²) < 4.78 is 20.0. The van der Waals surface area contributed by atoms with Gasteiger partial charge in [-0.05, 0) is 79.3 Å². The van der Waals surface area contributed by atoms with Gasteiger partial charge in [-0.1, -0.05) is 64.5 Å². The Labute approximate surface area is 203 Å².